The van der Waals surface area contributed by atoms with Crippen molar-refractivity contribution in [1.82, 2.24) is 4.90 Å². The van der Waals surface area contributed by atoms with E-state index in [1.54, 1.807) is 0 Å². The zero-order chi connectivity index (χ0) is 12.4. The van der Waals surface area contributed by atoms with Gasteiger partial charge in [0.25, 0.3) is 0 Å². The van der Waals surface area contributed by atoms with Crippen LogP contribution in [0, 0.1) is 17.8 Å². The largest absolute Gasteiger partial charge is 0.330 e. The maximum Gasteiger partial charge on any atom is 0.0124 e. The third-order valence-corrected chi connectivity index (χ3v) is 5.95. The Morgan fingerprint density at radius 1 is 0.833 bits per heavy atom. The minimum absolute atomic E-state index is 0.820. The van der Waals surface area contributed by atoms with E-state index in [9.17, 15) is 0 Å². The molecule has 1 heterocycles. The maximum absolute atomic E-state index is 5.99. The van der Waals surface area contributed by atoms with Crippen LogP contribution in [-0.2, 0) is 0 Å². The number of nitrogens with zero attached hydrogens (tertiary/aromatic N) is 1. The molecule has 1 saturated heterocycles. The minimum atomic E-state index is 0.820. The molecule has 0 aromatic rings. The van der Waals surface area contributed by atoms with Crippen LogP contribution >= 0.6 is 0 Å². The second-order valence-corrected chi connectivity index (χ2v) is 6.94. The summed E-state index contributed by atoms with van der Waals surface area (Å²) in [4.78, 5) is 2.86. The predicted molar refractivity (Wildman–Crippen MR) is 76.4 cm³/mol. The monoisotopic (exact) mass is 250 g/mol. The molecule has 3 aliphatic rings. The highest BCUT2D eigenvalue weighted by atomic mass is 15.2. The fraction of sp³-hybridized carbons (Fsp3) is 1.00. The lowest BCUT2D eigenvalue weighted by Crippen LogP contribution is -2.46. The van der Waals surface area contributed by atoms with Crippen LogP contribution in [0.2, 0.25) is 0 Å². The standard InChI is InChI=1S/C16H30N2/c17-11-14-5-1-2-6-15(14)12-18-10-4-8-13-7-3-9-16(13)18/h13-16H,1-12,17H2. The van der Waals surface area contributed by atoms with Crippen LogP contribution in [0.1, 0.15) is 57.8 Å². The smallest absolute Gasteiger partial charge is 0.0124 e. The Bertz CT molecular complexity index is 266. The van der Waals surface area contributed by atoms with E-state index in [0.717, 1.165) is 30.3 Å². The number of piperidine rings is 1. The predicted octanol–water partition coefficient (Wildman–Crippen LogP) is 3.02. The molecule has 4 unspecified atom stereocenters. The first-order valence-corrected chi connectivity index (χ1v) is 8.32. The highest BCUT2D eigenvalue weighted by Crippen LogP contribution is 2.38. The van der Waals surface area contributed by atoms with Crippen molar-refractivity contribution in [2.75, 3.05) is 19.6 Å². The van der Waals surface area contributed by atoms with Crippen molar-refractivity contribution in [3.05, 3.63) is 0 Å². The number of rotatable bonds is 3. The van der Waals surface area contributed by atoms with Crippen molar-refractivity contribution in [3.8, 4) is 0 Å². The number of fused-ring (bicyclic) bond motifs is 1. The number of nitrogens with two attached hydrogens (primary N) is 1. The molecule has 0 amide bonds. The van der Waals surface area contributed by atoms with Gasteiger partial charge in [0, 0.05) is 12.6 Å². The van der Waals surface area contributed by atoms with Crippen molar-refractivity contribution < 1.29 is 0 Å². The van der Waals surface area contributed by atoms with Gasteiger partial charge in [0.15, 0.2) is 0 Å². The molecule has 2 N–H and O–H groups in total. The van der Waals surface area contributed by atoms with Gasteiger partial charge >= 0.3 is 0 Å². The minimum Gasteiger partial charge on any atom is -0.330 e. The van der Waals surface area contributed by atoms with Crippen molar-refractivity contribution >= 4 is 0 Å². The summed E-state index contributed by atoms with van der Waals surface area (Å²) < 4.78 is 0. The highest BCUT2D eigenvalue weighted by Gasteiger charge is 2.36. The first-order valence-electron chi connectivity index (χ1n) is 8.32. The Morgan fingerprint density at radius 3 is 2.44 bits per heavy atom. The Morgan fingerprint density at radius 2 is 1.61 bits per heavy atom. The van der Waals surface area contributed by atoms with Crippen molar-refractivity contribution in [1.29, 1.82) is 0 Å². The molecule has 3 fully saturated rings. The molecule has 4 atom stereocenters. The van der Waals surface area contributed by atoms with Crippen LogP contribution in [0.15, 0.2) is 0 Å². The van der Waals surface area contributed by atoms with Gasteiger partial charge in [-0.05, 0) is 69.4 Å². The van der Waals surface area contributed by atoms with Crippen LogP contribution in [0.5, 0.6) is 0 Å². The number of hydrogen-bond donors (Lipinski definition) is 1. The van der Waals surface area contributed by atoms with E-state index in [1.807, 2.05) is 0 Å². The van der Waals surface area contributed by atoms with E-state index in [-0.39, 0.29) is 0 Å². The lowest BCUT2D eigenvalue weighted by Gasteiger charge is -2.42. The van der Waals surface area contributed by atoms with E-state index >= 15 is 0 Å². The van der Waals surface area contributed by atoms with Crippen molar-refractivity contribution in [3.63, 3.8) is 0 Å². The van der Waals surface area contributed by atoms with Crippen molar-refractivity contribution in [2.45, 2.75) is 63.8 Å². The summed E-state index contributed by atoms with van der Waals surface area (Å²) in [7, 11) is 0. The average molecular weight is 250 g/mol. The molecule has 2 nitrogen and oxygen atoms in total. The molecule has 2 saturated carbocycles. The molecular formula is C16H30N2. The quantitative estimate of drug-likeness (QED) is 0.834. The fourth-order valence-electron chi connectivity index (χ4n) is 4.92. The Labute approximate surface area is 112 Å². The summed E-state index contributed by atoms with van der Waals surface area (Å²) >= 11 is 0. The first-order chi connectivity index (χ1) is 8.88. The average Bonchev–Trinajstić information content (AvgIpc) is 2.89. The molecule has 0 radical (unpaired) electrons. The molecule has 2 aliphatic carbocycles. The van der Waals surface area contributed by atoms with Crippen LogP contribution in [0.25, 0.3) is 0 Å². The van der Waals surface area contributed by atoms with Gasteiger partial charge in [-0.25, -0.2) is 0 Å². The summed E-state index contributed by atoms with van der Waals surface area (Å²) in [5.74, 6) is 2.77. The van der Waals surface area contributed by atoms with Crippen LogP contribution < -0.4 is 5.73 Å². The van der Waals surface area contributed by atoms with E-state index in [1.165, 1.54) is 70.9 Å². The van der Waals surface area contributed by atoms with Gasteiger partial charge in [-0.15, -0.1) is 0 Å². The lowest BCUT2D eigenvalue weighted by atomic mass is 9.78. The van der Waals surface area contributed by atoms with Gasteiger partial charge in [-0.1, -0.05) is 19.3 Å². The lowest BCUT2D eigenvalue weighted by molar-refractivity contribution is 0.0698. The summed E-state index contributed by atoms with van der Waals surface area (Å²) in [5.41, 5.74) is 5.99. The summed E-state index contributed by atoms with van der Waals surface area (Å²) in [6.45, 7) is 3.66. The van der Waals surface area contributed by atoms with Crippen LogP contribution in [0.3, 0.4) is 0 Å². The summed E-state index contributed by atoms with van der Waals surface area (Å²) in [6, 6.07) is 0.944. The molecule has 0 aromatic heterocycles. The molecular weight excluding hydrogens is 220 g/mol. The van der Waals surface area contributed by atoms with Gasteiger partial charge in [0.05, 0.1) is 0 Å². The second-order valence-electron chi connectivity index (χ2n) is 6.94. The third kappa shape index (κ3) is 2.60. The van der Waals surface area contributed by atoms with Gasteiger partial charge in [0.1, 0.15) is 0 Å². The molecule has 2 heteroatoms. The second kappa shape index (κ2) is 5.92. The van der Waals surface area contributed by atoms with E-state index in [4.69, 9.17) is 5.73 Å². The normalized spacial score (nSPS) is 41.8. The topological polar surface area (TPSA) is 29.3 Å². The number of likely N-dealkylation sites (tertiary alicyclic amines) is 1. The van der Waals surface area contributed by atoms with Crippen LogP contribution in [-0.4, -0.2) is 30.6 Å². The Balaban J connectivity index is 1.60. The van der Waals surface area contributed by atoms with E-state index < -0.39 is 0 Å². The SMILES string of the molecule is NCC1CCCCC1CN1CCCC2CCCC21. The molecule has 0 aromatic carbocycles. The van der Waals surface area contributed by atoms with Gasteiger partial charge in [-0.3, -0.25) is 4.90 Å². The van der Waals surface area contributed by atoms with Crippen LogP contribution in [0.4, 0.5) is 0 Å². The van der Waals surface area contributed by atoms with Crippen molar-refractivity contribution in [2.24, 2.45) is 23.5 Å². The highest BCUT2D eigenvalue weighted by molar-refractivity contribution is 4.91. The first kappa shape index (κ1) is 12.9. The summed E-state index contributed by atoms with van der Waals surface area (Å²) in [5, 5.41) is 0. The molecule has 18 heavy (non-hydrogen) atoms. The van der Waals surface area contributed by atoms with Gasteiger partial charge in [-0.2, -0.15) is 0 Å². The Hall–Kier alpha value is -0.0800. The molecule has 3 rings (SSSR count). The Kier molecular flexibility index (Phi) is 4.25. The van der Waals surface area contributed by atoms with Gasteiger partial charge in [0.2, 0.25) is 0 Å². The number of hydrogen-bond acceptors (Lipinski definition) is 2. The van der Waals surface area contributed by atoms with E-state index in [0.29, 0.717) is 0 Å². The molecule has 104 valence electrons. The maximum atomic E-state index is 5.99. The van der Waals surface area contributed by atoms with Gasteiger partial charge < -0.3 is 5.73 Å². The fourth-order valence-corrected chi connectivity index (χ4v) is 4.92. The summed E-state index contributed by atoms with van der Waals surface area (Å²) in [6.07, 6.45) is 13.1. The molecule has 0 bridgehead atoms. The van der Waals surface area contributed by atoms with E-state index in [2.05, 4.69) is 4.90 Å². The zero-order valence-corrected chi connectivity index (χ0v) is 11.8. The zero-order valence-electron chi connectivity index (χ0n) is 11.8. The third-order valence-electron chi connectivity index (χ3n) is 5.95. The molecule has 0 spiro atoms. The molecule has 1 aliphatic heterocycles.